The van der Waals surface area contributed by atoms with Gasteiger partial charge in [0.05, 0.1) is 5.56 Å². The summed E-state index contributed by atoms with van der Waals surface area (Å²) in [7, 11) is 0. The van der Waals surface area contributed by atoms with E-state index in [0.29, 0.717) is 18.0 Å². The van der Waals surface area contributed by atoms with E-state index < -0.39 is 0 Å². The molecule has 1 aliphatic rings. The lowest BCUT2D eigenvalue weighted by Crippen LogP contribution is -2.40. The van der Waals surface area contributed by atoms with E-state index in [0.717, 1.165) is 19.6 Å². The van der Waals surface area contributed by atoms with Crippen LogP contribution >= 0.6 is 0 Å². The van der Waals surface area contributed by atoms with Crippen LogP contribution < -0.4 is 5.32 Å². The number of nitrogens with one attached hydrogen (secondary N) is 1. The third-order valence-electron chi connectivity index (χ3n) is 4.54. The minimum absolute atomic E-state index is 0.0503. The Balaban J connectivity index is 1.42. The highest BCUT2D eigenvalue weighted by atomic mass is 16.1. The second-order valence-electron chi connectivity index (χ2n) is 6.47. The zero-order chi connectivity index (χ0) is 17.3. The molecule has 0 spiro atoms. The second-order valence-corrected chi connectivity index (χ2v) is 6.47. The Morgan fingerprint density at radius 3 is 2.92 bits per heavy atom. The normalized spacial score (nSPS) is 18.3. The number of pyridine rings is 1. The van der Waals surface area contributed by atoms with Crippen molar-refractivity contribution in [1.29, 1.82) is 0 Å². The van der Waals surface area contributed by atoms with Crippen LogP contribution in [0, 0.1) is 5.92 Å². The Kier molecular flexibility index (Phi) is 6.35. The predicted molar refractivity (Wildman–Crippen MR) is 101 cm³/mol. The average Bonchev–Trinajstić information content (AvgIpc) is 2.68. The molecule has 1 aliphatic heterocycles. The maximum atomic E-state index is 12.0. The van der Waals surface area contributed by atoms with Crippen molar-refractivity contribution in [1.82, 2.24) is 15.2 Å². The highest BCUT2D eigenvalue weighted by Gasteiger charge is 2.17. The number of rotatable bonds is 6. The second kappa shape index (κ2) is 9.14. The molecule has 1 fully saturated rings. The van der Waals surface area contributed by atoms with Gasteiger partial charge in [-0.25, -0.2) is 0 Å². The van der Waals surface area contributed by atoms with E-state index in [4.69, 9.17) is 0 Å². The van der Waals surface area contributed by atoms with E-state index in [1.54, 1.807) is 24.5 Å². The van der Waals surface area contributed by atoms with E-state index in [9.17, 15) is 4.79 Å². The quantitative estimate of drug-likeness (QED) is 0.881. The van der Waals surface area contributed by atoms with Gasteiger partial charge in [-0.1, -0.05) is 42.5 Å². The lowest BCUT2D eigenvalue weighted by Gasteiger charge is -2.31. The summed E-state index contributed by atoms with van der Waals surface area (Å²) in [6.07, 6.45) is 10.3. The summed E-state index contributed by atoms with van der Waals surface area (Å²) in [4.78, 5) is 18.4. The van der Waals surface area contributed by atoms with Gasteiger partial charge in [-0.3, -0.25) is 9.78 Å². The van der Waals surface area contributed by atoms with Gasteiger partial charge in [-0.15, -0.1) is 0 Å². The first-order valence-corrected chi connectivity index (χ1v) is 8.95. The summed E-state index contributed by atoms with van der Waals surface area (Å²) in [5, 5.41) is 2.98. The van der Waals surface area contributed by atoms with Crippen molar-refractivity contribution in [3.63, 3.8) is 0 Å². The van der Waals surface area contributed by atoms with Gasteiger partial charge in [0.15, 0.2) is 0 Å². The van der Waals surface area contributed by atoms with E-state index in [1.165, 1.54) is 18.4 Å². The van der Waals surface area contributed by atoms with Crippen molar-refractivity contribution in [3.05, 3.63) is 72.1 Å². The molecule has 130 valence electrons. The maximum absolute atomic E-state index is 12.0. The third-order valence-corrected chi connectivity index (χ3v) is 4.54. The summed E-state index contributed by atoms with van der Waals surface area (Å²) < 4.78 is 0. The first-order valence-electron chi connectivity index (χ1n) is 8.95. The number of carbonyl (C=O) groups is 1. The number of likely N-dealkylation sites (tertiary alicyclic amines) is 1. The number of benzene rings is 1. The summed E-state index contributed by atoms with van der Waals surface area (Å²) >= 11 is 0. The van der Waals surface area contributed by atoms with Crippen LogP contribution in [0.1, 0.15) is 28.8 Å². The van der Waals surface area contributed by atoms with Crippen LogP contribution in [0.3, 0.4) is 0 Å². The predicted octanol–water partition coefficient (Wildman–Crippen LogP) is 3.24. The topological polar surface area (TPSA) is 45.2 Å². The molecule has 1 N–H and O–H groups in total. The molecule has 0 bridgehead atoms. The van der Waals surface area contributed by atoms with Crippen LogP contribution in [0.25, 0.3) is 6.08 Å². The SMILES string of the molecule is O=C(NCCN1CCCC(/C=C/c2ccccc2)C1)c1cccnc1. The molecule has 4 heteroatoms. The van der Waals surface area contributed by atoms with Crippen molar-refractivity contribution in [2.24, 2.45) is 5.92 Å². The van der Waals surface area contributed by atoms with Gasteiger partial charge in [0.1, 0.15) is 0 Å². The van der Waals surface area contributed by atoms with Crippen LogP contribution in [0.5, 0.6) is 0 Å². The molecule has 4 nitrogen and oxygen atoms in total. The minimum Gasteiger partial charge on any atom is -0.351 e. The Bertz CT molecular complexity index is 685. The summed E-state index contributed by atoms with van der Waals surface area (Å²) in [5.41, 5.74) is 1.87. The molecule has 1 unspecified atom stereocenters. The number of piperidine rings is 1. The molecular formula is C21H25N3O. The molecule has 3 rings (SSSR count). The highest BCUT2D eigenvalue weighted by Crippen LogP contribution is 2.18. The fourth-order valence-corrected chi connectivity index (χ4v) is 3.19. The molecule has 1 amide bonds. The molecule has 1 saturated heterocycles. The Morgan fingerprint density at radius 2 is 2.12 bits per heavy atom. The van der Waals surface area contributed by atoms with Crippen LogP contribution in [-0.4, -0.2) is 42.0 Å². The molecule has 2 heterocycles. The zero-order valence-electron chi connectivity index (χ0n) is 14.5. The fraction of sp³-hybridized carbons (Fsp3) is 0.333. The molecule has 25 heavy (non-hydrogen) atoms. The van der Waals surface area contributed by atoms with Crippen molar-refractivity contribution in [2.75, 3.05) is 26.2 Å². The number of hydrogen-bond donors (Lipinski definition) is 1. The van der Waals surface area contributed by atoms with Crippen LogP contribution in [0.4, 0.5) is 0 Å². The molecule has 0 radical (unpaired) electrons. The Hall–Kier alpha value is -2.46. The molecular weight excluding hydrogens is 310 g/mol. The standard InChI is InChI=1S/C21H25N3O/c25-21(20-9-4-12-22-16-20)23-13-15-24-14-5-8-19(17-24)11-10-18-6-2-1-3-7-18/h1-4,6-7,9-12,16,19H,5,8,13-15,17H2,(H,23,25)/b11-10+. The number of carbonyl (C=O) groups excluding carboxylic acids is 1. The van der Waals surface area contributed by atoms with Crippen LogP contribution in [-0.2, 0) is 0 Å². The lowest BCUT2D eigenvalue weighted by atomic mass is 9.97. The summed E-state index contributed by atoms with van der Waals surface area (Å²) in [6, 6.07) is 14.0. The number of aromatic nitrogens is 1. The van der Waals surface area contributed by atoms with Gasteiger partial charge >= 0.3 is 0 Å². The van der Waals surface area contributed by atoms with E-state index in [2.05, 4.69) is 51.6 Å². The smallest absolute Gasteiger partial charge is 0.252 e. The number of nitrogens with zero attached hydrogens (tertiary/aromatic N) is 2. The van der Waals surface area contributed by atoms with Crippen molar-refractivity contribution in [3.8, 4) is 0 Å². The number of amides is 1. The van der Waals surface area contributed by atoms with Crippen LogP contribution in [0.15, 0.2) is 60.9 Å². The molecule has 0 aliphatic carbocycles. The monoisotopic (exact) mass is 335 g/mol. The molecule has 1 aromatic carbocycles. The Labute approximate surface area is 149 Å². The molecule has 1 atom stereocenters. The molecule has 0 saturated carbocycles. The summed E-state index contributed by atoms with van der Waals surface area (Å²) in [6.45, 7) is 3.73. The maximum Gasteiger partial charge on any atom is 0.252 e. The first kappa shape index (κ1) is 17.4. The van der Waals surface area contributed by atoms with Gasteiger partial charge < -0.3 is 10.2 Å². The van der Waals surface area contributed by atoms with Gasteiger partial charge in [0, 0.05) is 32.0 Å². The van der Waals surface area contributed by atoms with Gasteiger partial charge in [-0.2, -0.15) is 0 Å². The third kappa shape index (κ3) is 5.54. The van der Waals surface area contributed by atoms with E-state index in [-0.39, 0.29) is 5.91 Å². The highest BCUT2D eigenvalue weighted by molar-refractivity contribution is 5.93. The lowest BCUT2D eigenvalue weighted by molar-refractivity contribution is 0.0944. The molecule has 2 aromatic rings. The van der Waals surface area contributed by atoms with E-state index in [1.807, 2.05) is 6.07 Å². The largest absolute Gasteiger partial charge is 0.351 e. The zero-order valence-corrected chi connectivity index (χ0v) is 14.5. The minimum atomic E-state index is -0.0503. The molecule has 1 aromatic heterocycles. The van der Waals surface area contributed by atoms with Gasteiger partial charge in [0.2, 0.25) is 0 Å². The summed E-state index contributed by atoms with van der Waals surface area (Å²) in [5.74, 6) is 0.536. The van der Waals surface area contributed by atoms with Crippen molar-refractivity contribution < 1.29 is 4.79 Å². The van der Waals surface area contributed by atoms with Crippen molar-refractivity contribution >= 4 is 12.0 Å². The average molecular weight is 335 g/mol. The first-order chi connectivity index (χ1) is 12.3. The Morgan fingerprint density at radius 1 is 1.24 bits per heavy atom. The van der Waals surface area contributed by atoms with Gasteiger partial charge in [-0.05, 0) is 43.0 Å². The van der Waals surface area contributed by atoms with Crippen LogP contribution in [0.2, 0.25) is 0 Å². The fourth-order valence-electron chi connectivity index (χ4n) is 3.19. The van der Waals surface area contributed by atoms with E-state index >= 15 is 0 Å². The number of hydrogen-bond acceptors (Lipinski definition) is 3. The van der Waals surface area contributed by atoms with Gasteiger partial charge in [0.25, 0.3) is 5.91 Å². The van der Waals surface area contributed by atoms with Crippen molar-refractivity contribution in [2.45, 2.75) is 12.8 Å².